The van der Waals surface area contributed by atoms with Crippen LogP contribution in [0.4, 0.5) is 119 Å². The van der Waals surface area contributed by atoms with E-state index in [4.69, 9.17) is 0 Å². The van der Waals surface area contributed by atoms with Crippen molar-refractivity contribution in [1.29, 1.82) is 0 Å². The van der Waals surface area contributed by atoms with E-state index in [1.807, 2.05) is 45.3 Å². The minimum atomic E-state index is -2.16. The fourth-order valence-electron chi connectivity index (χ4n) is 9.51. The van der Waals surface area contributed by atoms with Crippen molar-refractivity contribution in [3.8, 4) is 71.0 Å². The van der Waals surface area contributed by atoms with E-state index in [2.05, 4.69) is 245 Å². The molecule has 0 saturated heterocycles. The Labute approximate surface area is 806 Å². The van der Waals surface area contributed by atoms with Gasteiger partial charge < -0.3 is 0 Å². The summed E-state index contributed by atoms with van der Waals surface area (Å²) in [4.78, 5) is 14.2. The Morgan fingerprint density at radius 3 is 0.586 bits per heavy atom. The van der Waals surface area contributed by atoms with Crippen molar-refractivity contribution in [3.63, 3.8) is 0 Å². The third kappa shape index (κ3) is 27.0. The van der Waals surface area contributed by atoms with Crippen LogP contribution >= 0.6 is 222 Å². The zero-order valence-electron chi connectivity index (χ0n) is 63.8. The summed E-state index contributed by atoms with van der Waals surface area (Å²) in [6.45, 7) is 12.8. The molecule has 675 valence electrons. The van der Waals surface area contributed by atoms with Crippen molar-refractivity contribution in [2.24, 2.45) is 4.30 Å². The van der Waals surface area contributed by atoms with Gasteiger partial charge in [0.1, 0.15) is 0 Å². The van der Waals surface area contributed by atoms with Gasteiger partial charge in [-0.3, -0.25) is 0 Å². The Kier molecular flexibility index (Phi) is 42.0. The van der Waals surface area contributed by atoms with Crippen LogP contribution in [0.3, 0.4) is 0 Å². The molecule has 0 spiro atoms. The zero-order valence-corrected chi connectivity index (χ0v) is 82.4. The third-order valence-corrected chi connectivity index (χ3v) is 29.9. The molecule has 0 amide bonds. The molecule has 0 unspecified atom stereocenters. The van der Waals surface area contributed by atoms with Crippen molar-refractivity contribution < 1.29 is 119 Å². The molecule has 0 aliphatic rings. The van der Waals surface area contributed by atoms with Crippen molar-refractivity contribution >= 4 is 229 Å². The molecule has 16 rings (SSSR count). The van der Waals surface area contributed by atoms with Crippen molar-refractivity contribution in [3.05, 3.63) is 350 Å². The number of aryl methyl sites for hydroxylation is 6. The molecule has 0 bridgehead atoms. The maximum absolute atomic E-state index is 14.3. The number of thiol groups is 1. The predicted octanol–water partition coefficient (Wildman–Crippen LogP) is 37.8. The van der Waals surface area contributed by atoms with E-state index in [0.717, 1.165) is 45.3 Å². The second kappa shape index (κ2) is 49.5. The molecular formula is C82H42BBr6F27NS11. The molecule has 1 radical (unpaired) electrons. The summed E-state index contributed by atoms with van der Waals surface area (Å²) < 4.78 is 353. The van der Waals surface area contributed by atoms with Crippen LogP contribution in [0.15, 0.2) is 168 Å². The first kappa shape index (κ1) is 109. The Morgan fingerprint density at radius 2 is 0.383 bits per heavy atom. The quantitative estimate of drug-likeness (QED) is 0.0537. The van der Waals surface area contributed by atoms with Gasteiger partial charge in [-0.2, -0.15) is 0 Å². The van der Waals surface area contributed by atoms with Gasteiger partial charge in [-0.25, -0.2) is 119 Å². The summed E-state index contributed by atoms with van der Waals surface area (Å²) in [6.07, 6.45) is 0. The van der Waals surface area contributed by atoms with E-state index in [9.17, 15) is 119 Å². The molecule has 46 heteroatoms. The zero-order chi connectivity index (χ0) is 95.6. The Bertz CT molecular complexity index is 5860. The van der Waals surface area contributed by atoms with Crippen molar-refractivity contribution in [2.75, 3.05) is 0 Å². The topological polar surface area (TPSA) is 12.4 Å². The van der Waals surface area contributed by atoms with Crippen LogP contribution in [0.2, 0.25) is 0 Å². The van der Waals surface area contributed by atoms with Crippen LogP contribution in [0.5, 0.6) is 0 Å². The molecule has 0 saturated carbocycles. The fraction of sp³-hybridized carbons (Fsp3) is 0.0732. The van der Waals surface area contributed by atoms with Gasteiger partial charge in [-0.05, 0) is 256 Å². The number of nitrogens with zero attached hydrogens (tertiary/aromatic N) is 1. The van der Waals surface area contributed by atoms with Gasteiger partial charge in [0.05, 0.1) is 48.4 Å². The van der Waals surface area contributed by atoms with Gasteiger partial charge in [0.25, 0.3) is 0 Å². The fourth-order valence-corrected chi connectivity index (χ4v) is 20.3. The molecule has 16 aromatic rings. The van der Waals surface area contributed by atoms with E-state index in [1.54, 1.807) is 22.7 Å². The van der Waals surface area contributed by atoms with Crippen LogP contribution in [-0.4, -0.2) is 7.64 Å². The van der Waals surface area contributed by atoms with Gasteiger partial charge in [0.15, 0.2) is 140 Å². The molecule has 1 nitrogen and oxygen atoms in total. The van der Waals surface area contributed by atoms with Gasteiger partial charge in [-0.1, -0.05) is 18.2 Å². The summed E-state index contributed by atoms with van der Waals surface area (Å²) in [5, 5.41) is 5.64. The second-order valence-corrected chi connectivity index (χ2v) is 41.4. The first-order valence-corrected chi connectivity index (χ1v) is 47.4. The molecule has 0 fully saturated rings. The number of benzene rings is 6. The van der Waals surface area contributed by atoms with Gasteiger partial charge >= 0.3 is 24.8 Å². The minimum absolute atomic E-state index is 0.00667. The van der Waals surface area contributed by atoms with E-state index < -0.39 is 202 Å². The molecule has 10 aromatic heterocycles. The van der Waals surface area contributed by atoms with E-state index in [-0.39, 0.29) is 19.5 Å². The Hall–Kier alpha value is -6.48. The molecule has 0 N–H and O–H groups in total. The van der Waals surface area contributed by atoms with E-state index >= 15 is 0 Å². The number of rotatable bonds is 7. The van der Waals surface area contributed by atoms with Gasteiger partial charge in [0.2, 0.25) is 17.5 Å². The van der Waals surface area contributed by atoms with Crippen LogP contribution < -0.4 is 0 Å². The van der Waals surface area contributed by atoms with Crippen LogP contribution in [-0.2, 0) is 0 Å². The summed E-state index contributed by atoms with van der Waals surface area (Å²) in [5.74, 6) is -47.7. The van der Waals surface area contributed by atoms with E-state index in [1.165, 1.54) is 103 Å². The first-order valence-electron chi connectivity index (χ1n) is 33.9. The molecule has 0 aliphatic heterocycles. The summed E-state index contributed by atoms with van der Waals surface area (Å²) >= 11 is 32.3. The molecule has 0 aliphatic carbocycles. The Balaban J connectivity index is 0.000000205. The van der Waals surface area contributed by atoms with E-state index in [0.29, 0.717) is 13.5 Å². The number of hydrogen-bond acceptors (Lipinski definition) is 12. The average molecular weight is 2400 g/mol. The number of halogens is 33. The van der Waals surface area contributed by atoms with Crippen LogP contribution in [0.1, 0.15) is 29.3 Å². The van der Waals surface area contributed by atoms with Gasteiger partial charge in [0, 0.05) is 78.0 Å². The Morgan fingerprint density at radius 1 is 0.203 bits per heavy atom. The average Bonchev–Trinajstić information content (AvgIpc) is 1.55. The predicted molar refractivity (Wildman–Crippen MR) is 485 cm³/mol. The first-order chi connectivity index (χ1) is 60.1. The summed E-state index contributed by atoms with van der Waals surface area (Å²) in [5.41, 5.74) is -3.61. The van der Waals surface area contributed by atoms with Crippen molar-refractivity contribution in [1.82, 2.24) is 0 Å². The van der Waals surface area contributed by atoms with Crippen LogP contribution in [0, 0.1) is 199 Å². The molecule has 128 heavy (non-hydrogen) atoms. The maximum atomic E-state index is 14.3. The SMILES string of the molecule is Cc1ccc(-c2ccc(C)s2)s1.Cc1ccc(-c2ccc(C)s2)s1.Cc1cccs1.Cc1cccs1.Fc1c(F)c(-c2ccc(-c3ccc(-c4c(F)c(F)c(Br)c(F)c4F)s3)s2)c(F)c(F)c1Br.Fc1c(F)c(Br)c(F)c(F)c1Br.Fc1c(F)c(F)c(-c2ccc(Br)s2)c(F)c1F.Fc1c(F)c(F)c(-c2cccs2)c(F)c1F.Fc1c(F)c(F)c(Br)c(F)c1F.[B]=NS. The molecule has 6 aromatic carbocycles. The number of thiophene rings is 10. The van der Waals surface area contributed by atoms with Crippen molar-refractivity contribution in [2.45, 2.75) is 41.5 Å². The number of hydrogen-bond donors (Lipinski definition) is 1. The standard InChI is InChI=1S/C20H4Br2F8S2.C10H2BrF5S.C10H3F5S.2C10H10S2.C6Br2F4.C6BrF5.2C5H6S.BHNS/c21-11-17(27)13(23)9(14(24)18(11)28)7-3-1-5(31-7)6-2-4-8(32-6)10-15(25)19(29)12(22)20(30)16(10)26;11-4-2-1-3(17-4)5-6(12)8(14)10(16)9(15)7(5)13;11-6-5(4-2-1-3-16-4)7(12)9(14)10(15)8(6)13;2*1-7-3-5-9(11-7)10-6-4-8(2)12-10;7-1-3(9)5(11)2(8)6(12)4(1)10;7-1-2(8)4(10)6(12)5(11)3(1)9;2*1-5-3-2-4-6-5;1-2-3/h1-4H;1-2H;1-3H;2*3-6H,1-2H3;;;2*2-4H,1H3;3H. The van der Waals surface area contributed by atoms with Gasteiger partial charge in [-0.15, -0.1) is 113 Å². The normalized spacial score (nSPS) is 10.5. The van der Waals surface area contributed by atoms with Crippen LogP contribution in [0.25, 0.3) is 71.0 Å². The molecule has 10 heterocycles. The second-order valence-electron chi connectivity index (χ2n) is 24.2. The molecule has 0 atom stereocenters. The molecular weight excluding hydrogens is 2350 g/mol. The third-order valence-electron chi connectivity index (χ3n) is 15.5. The summed E-state index contributed by atoms with van der Waals surface area (Å²) in [6, 6.07) is 36.5. The monoisotopic (exact) mass is 2390 g/mol. The summed E-state index contributed by atoms with van der Waals surface area (Å²) in [7, 11) is 4.34.